The first kappa shape index (κ1) is 17.9. The minimum atomic E-state index is -1.14. The van der Waals surface area contributed by atoms with Crippen LogP contribution in [0.25, 0.3) is 0 Å². The van der Waals surface area contributed by atoms with Crippen LogP contribution in [0.4, 0.5) is 4.79 Å². The predicted octanol–water partition coefficient (Wildman–Crippen LogP) is 0.638. The lowest BCUT2D eigenvalue weighted by Gasteiger charge is -2.23. The van der Waals surface area contributed by atoms with Crippen LogP contribution in [0.3, 0.4) is 0 Å². The summed E-state index contributed by atoms with van der Waals surface area (Å²) in [6.45, 7) is 6.94. The Morgan fingerprint density at radius 1 is 1.36 bits per heavy atom. The SMILES string of the molecule is CCC[C@@H](NC(=O)OC(C)(C)C)C(=O)O[C@H]1CC(=O)NC1=O. The van der Waals surface area contributed by atoms with Crippen molar-refractivity contribution in [2.45, 2.75) is 64.7 Å². The van der Waals surface area contributed by atoms with Crippen molar-refractivity contribution < 1.29 is 28.7 Å². The van der Waals surface area contributed by atoms with Crippen LogP contribution in [-0.4, -0.2) is 41.6 Å². The number of alkyl carbamates (subject to hydrolysis) is 1. The molecule has 8 nitrogen and oxygen atoms in total. The highest BCUT2D eigenvalue weighted by atomic mass is 16.6. The lowest BCUT2D eigenvalue weighted by molar-refractivity contribution is -0.156. The molecule has 0 aromatic carbocycles. The summed E-state index contributed by atoms with van der Waals surface area (Å²) in [6.07, 6.45) is -1.13. The summed E-state index contributed by atoms with van der Waals surface area (Å²) in [5, 5.41) is 4.47. The van der Waals surface area contributed by atoms with Crippen molar-refractivity contribution >= 4 is 23.9 Å². The average molecular weight is 314 g/mol. The third-order valence-electron chi connectivity index (χ3n) is 2.74. The van der Waals surface area contributed by atoms with Gasteiger partial charge in [-0.3, -0.25) is 14.9 Å². The number of esters is 1. The molecule has 1 aliphatic rings. The van der Waals surface area contributed by atoms with Crippen molar-refractivity contribution in [2.24, 2.45) is 0 Å². The molecule has 0 spiro atoms. The molecule has 124 valence electrons. The van der Waals surface area contributed by atoms with Crippen LogP contribution in [0.1, 0.15) is 47.0 Å². The first-order valence-electron chi connectivity index (χ1n) is 7.16. The summed E-state index contributed by atoms with van der Waals surface area (Å²) in [5.74, 6) is -1.90. The van der Waals surface area contributed by atoms with Gasteiger partial charge in [-0.2, -0.15) is 0 Å². The van der Waals surface area contributed by atoms with Crippen LogP contribution in [0.15, 0.2) is 0 Å². The quantitative estimate of drug-likeness (QED) is 0.569. The number of amides is 3. The fourth-order valence-electron chi connectivity index (χ4n) is 1.83. The van der Waals surface area contributed by atoms with Gasteiger partial charge >= 0.3 is 12.1 Å². The summed E-state index contributed by atoms with van der Waals surface area (Å²) in [5.41, 5.74) is -0.692. The Morgan fingerprint density at radius 3 is 2.45 bits per heavy atom. The van der Waals surface area contributed by atoms with E-state index in [-0.39, 0.29) is 6.42 Å². The number of imide groups is 1. The van der Waals surface area contributed by atoms with Gasteiger partial charge in [0.15, 0.2) is 6.10 Å². The fraction of sp³-hybridized carbons (Fsp3) is 0.714. The van der Waals surface area contributed by atoms with Crippen LogP contribution < -0.4 is 10.6 Å². The Balaban J connectivity index is 2.61. The molecule has 0 saturated carbocycles. The standard InChI is InChI=1S/C14H22N2O6/c1-5-6-8(15-13(20)22-14(2,3)4)12(19)21-9-7-10(17)16-11(9)18/h8-9H,5-7H2,1-4H3,(H,15,20)(H,16,17,18)/t8-,9+/m1/s1. The van der Waals surface area contributed by atoms with Crippen molar-refractivity contribution in [1.82, 2.24) is 10.6 Å². The van der Waals surface area contributed by atoms with Crippen LogP contribution in [0.2, 0.25) is 0 Å². The van der Waals surface area contributed by atoms with E-state index in [4.69, 9.17) is 9.47 Å². The van der Waals surface area contributed by atoms with Crippen molar-refractivity contribution in [3.05, 3.63) is 0 Å². The van der Waals surface area contributed by atoms with Gasteiger partial charge in [0, 0.05) is 0 Å². The van der Waals surface area contributed by atoms with E-state index in [2.05, 4.69) is 5.32 Å². The first-order valence-corrected chi connectivity index (χ1v) is 7.16. The second-order valence-corrected chi connectivity index (χ2v) is 6.03. The minimum absolute atomic E-state index is 0.199. The van der Waals surface area contributed by atoms with Gasteiger partial charge < -0.3 is 14.8 Å². The van der Waals surface area contributed by atoms with Crippen molar-refractivity contribution in [3.63, 3.8) is 0 Å². The lowest BCUT2D eigenvalue weighted by Crippen LogP contribution is -2.45. The number of nitrogens with one attached hydrogen (secondary N) is 2. The summed E-state index contributed by atoms with van der Waals surface area (Å²) in [6, 6.07) is -0.927. The van der Waals surface area contributed by atoms with Crippen LogP contribution >= 0.6 is 0 Å². The molecular formula is C14H22N2O6. The molecule has 0 aliphatic carbocycles. The van der Waals surface area contributed by atoms with E-state index in [1.165, 1.54) is 0 Å². The number of carbonyl (C=O) groups excluding carboxylic acids is 4. The molecule has 1 rings (SSSR count). The van der Waals surface area contributed by atoms with E-state index in [0.29, 0.717) is 12.8 Å². The molecule has 1 fully saturated rings. The molecular weight excluding hydrogens is 292 g/mol. The van der Waals surface area contributed by atoms with E-state index in [1.54, 1.807) is 20.8 Å². The highest BCUT2D eigenvalue weighted by Crippen LogP contribution is 2.11. The molecule has 22 heavy (non-hydrogen) atoms. The molecule has 0 aromatic heterocycles. The topological polar surface area (TPSA) is 111 Å². The van der Waals surface area contributed by atoms with Gasteiger partial charge in [0.05, 0.1) is 6.42 Å². The molecule has 1 aliphatic heterocycles. The van der Waals surface area contributed by atoms with Gasteiger partial charge in [0.1, 0.15) is 11.6 Å². The van der Waals surface area contributed by atoms with Crippen LogP contribution in [0.5, 0.6) is 0 Å². The maximum Gasteiger partial charge on any atom is 0.408 e. The first-order chi connectivity index (χ1) is 10.1. The largest absolute Gasteiger partial charge is 0.450 e. The molecule has 1 saturated heterocycles. The second kappa shape index (κ2) is 7.24. The van der Waals surface area contributed by atoms with Gasteiger partial charge in [0.2, 0.25) is 5.91 Å². The molecule has 0 bridgehead atoms. The highest BCUT2D eigenvalue weighted by Gasteiger charge is 2.36. The van der Waals surface area contributed by atoms with Gasteiger partial charge in [-0.15, -0.1) is 0 Å². The second-order valence-electron chi connectivity index (χ2n) is 6.03. The Hall–Kier alpha value is -2.12. The highest BCUT2D eigenvalue weighted by molar-refractivity contribution is 6.05. The van der Waals surface area contributed by atoms with Crippen molar-refractivity contribution in [2.75, 3.05) is 0 Å². The number of hydrogen-bond donors (Lipinski definition) is 2. The maximum absolute atomic E-state index is 12.1. The van der Waals surface area contributed by atoms with Gasteiger partial charge in [-0.25, -0.2) is 9.59 Å². The minimum Gasteiger partial charge on any atom is -0.450 e. The maximum atomic E-state index is 12.1. The third-order valence-corrected chi connectivity index (χ3v) is 2.74. The van der Waals surface area contributed by atoms with E-state index < -0.39 is 41.6 Å². The third kappa shape index (κ3) is 5.71. The predicted molar refractivity (Wildman–Crippen MR) is 75.7 cm³/mol. The number of carbonyl (C=O) groups is 4. The van der Waals surface area contributed by atoms with Gasteiger partial charge in [-0.05, 0) is 27.2 Å². The van der Waals surface area contributed by atoms with E-state index in [0.717, 1.165) is 0 Å². The lowest BCUT2D eigenvalue weighted by atomic mass is 10.1. The summed E-state index contributed by atoms with van der Waals surface area (Å²) in [7, 11) is 0. The molecule has 1 heterocycles. The fourth-order valence-corrected chi connectivity index (χ4v) is 1.83. The average Bonchev–Trinajstić information content (AvgIpc) is 2.64. The zero-order valence-corrected chi connectivity index (χ0v) is 13.2. The Labute approximate surface area is 128 Å². The number of ether oxygens (including phenoxy) is 2. The zero-order valence-electron chi connectivity index (χ0n) is 13.2. The molecule has 2 N–H and O–H groups in total. The molecule has 0 radical (unpaired) electrons. The summed E-state index contributed by atoms with van der Waals surface area (Å²) in [4.78, 5) is 46.2. The Bertz CT molecular complexity index is 468. The summed E-state index contributed by atoms with van der Waals surface area (Å²) < 4.78 is 10.1. The molecule has 2 atom stereocenters. The number of rotatable bonds is 5. The van der Waals surface area contributed by atoms with Crippen LogP contribution in [0, 0.1) is 0 Å². The zero-order chi connectivity index (χ0) is 16.9. The van der Waals surface area contributed by atoms with E-state index >= 15 is 0 Å². The Kier molecular flexibility index (Phi) is 5.90. The summed E-state index contributed by atoms with van der Waals surface area (Å²) >= 11 is 0. The molecule has 3 amide bonds. The normalized spacial score (nSPS) is 19.4. The molecule has 0 unspecified atom stereocenters. The smallest absolute Gasteiger partial charge is 0.408 e. The molecule has 0 aromatic rings. The van der Waals surface area contributed by atoms with Crippen molar-refractivity contribution in [1.29, 1.82) is 0 Å². The van der Waals surface area contributed by atoms with Gasteiger partial charge in [-0.1, -0.05) is 13.3 Å². The Morgan fingerprint density at radius 2 is 2.00 bits per heavy atom. The van der Waals surface area contributed by atoms with E-state index in [9.17, 15) is 19.2 Å². The van der Waals surface area contributed by atoms with Crippen LogP contribution in [-0.2, 0) is 23.9 Å². The number of hydrogen-bond acceptors (Lipinski definition) is 6. The van der Waals surface area contributed by atoms with Crippen molar-refractivity contribution in [3.8, 4) is 0 Å². The molecule has 8 heteroatoms. The van der Waals surface area contributed by atoms with Gasteiger partial charge in [0.25, 0.3) is 5.91 Å². The van der Waals surface area contributed by atoms with E-state index in [1.807, 2.05) is 12.2 Å². The monoisotopic (exact) mass is 314 g/mol.